The lowest BCUT2D eigenvalue weighted by molar-refractivity contribution is -0.104. The highest BCUT2D eigenvalue weighted by Gasteiger charge is 2.60. The zero-order valence-electron chi connectivity index (χ0n) is 32.8. The van der Waals surface area contributed by atoms with Crippen molar-refractivity contribution in [3.05, 3.63) is 72.9 Å². The van der Waals surface area contributed by atoms with Crippen LogP contribution in [0.1, 0.15) is 125 Å². The van der Waals surface area contributed by atoms with Gasteiger partial charge in [-0.05, 0) is 32.5 Å². The summed E-state index contributed by atoms with van der Waals surface area (Å²) < 4.78 is 22.1. The van der Waals surface area contributed by atoms with Crippen LogP contribution in [0.25, 0.3) is 0 Å². The average Bonchev–Trinajstić information content (AvgIpc) is 2.85. The second-order valence-corrected chi connectivity index (χ2v) is 21.2. The Labute approximate surface area is 286 Å². The molecule has 0 N–H and O–H groups in total. The van der Waals surface area contributed by atoms with Gasteiger partial charge in [0, 0.05) is 16.2 Å². The van der Waals surface area contributed by atoms with Crippen molar-refractivity contribution >= 4 is 8.60 Å². The van der Waals surface area contributed by atoms with Gasteiger partial charge in [0.05, 0.1) is 18.3 Å². The largest absolute Gasteiger partial charge is 0.334 e. The first-order valence-corrected chi connectivity index (χ1v) is 18.6. The molecular weight excluding hydrogens is 583 g/mol. The smallest absolute Gasteiger partial charge is 0.304 e. The molecule has 3 aliphatic rings. The number of rotatable bonds is 6. The summed E-state index contributed by atoms with van der Waals surface area (Å²) in [6.07, 6.45) is 26.0. The van der Waals surface area contributed by atoms with Crippen LogP contribution in [-0.2, 0) is 13.6 Å². The minimum absolute atomic E-state index is 0.0969. The Kier molecular flexibility index (Phi) is 10.7. The van der Waals surface area contributed by atoms with Crippen molar-refractivity contribution in [2.24, 2.45) is 48.7 Å². The summed E-state index contributed by atoms with van der Waals surface area (Å²) in [7, 11) is -1.84. The van der Waals surface area contributed by atoms with Crippen molar-refractivity contribution in [2.75, 3.05) is 0 Å². The van der Waals surface area contributed by atoms with Gasteiger partial charge in [0.15, 0.2) is 0 Å². The molecule has 0 aliphatic heterocycles. The molecule has 46 heavy (non-hydrogen) atoms. The maximum Gasteiger partial charge on any atom is 0.334 e. The predicted molar refractivity (Wildman–Crippen MR) is 200 cm³/mol. The van der Waals surface area contributed by atoms with Crippen LogP contribution in [0.15, 0.2) is 72.9 Å². The van der Waals surface area contributed by atoms with E-state index in [0.717, 1.165) is 0 Å². The molecule has 3 nitrogen and oxygen atoms in total. The molecule has 0 heterocycles. The average molecular weight is 653 g/mol. The molecule has 0 saturated carbocycles. The predicted octanol–water partition coefficient (Wildman–Crippen LogP) is 13.0. The molecule has 0 aromatic carbocycles. The monoisotopic (exact) mass is 652 g/mol. The van der Waals surface area contributed by atoms with Crippen molar-refractivity contribution in [2.45, 2.75) is 143 Å². The second-order valence-electron chi connectivity index (χ2n) is 20.1. The van der Waals surface area contributed by atoms with Gasteiger partial charge in [0.1, 0.15) is 0 Å². The number of allylic oxidation sites excluding steroid dienone is 6. The Morgan fingerprint density at radius 3 is 0.717 bits per heavy atom. The first kappa shape index (κ1) is 39.2. The van der Waals surface area contributed by atoms with E-state index in [1.165, 1.54) is 0 Å². The van der Waals surface area contributed by atoms with Gasteiger partial charge in [0.2, 0.25) is 0 Å². The molecule has 0 aromatic rings. The van der Waals surface area contributed by atoms with Crippen molar-refractivity contribution < 1.29 is 13.6 Å². The lowest BCUT2D eigenvalue weighted by Crippen LogP contribution is -2.55. The fourth-order valence-electron chi connectivity index (χ4n) is 10.0. The lowest BCUT2D eigenvalue weighted by atomic mass is 9.50. The van der Waals surface area contributed by atoms with E-state index in [1.807, 2.05) is 0 Å². The van der Waals surface area contributed by atoms with Crippen molar-refractivity contribution in [3.63, 3.8) is 0 Å². The van der Waals surface area contributed by atoms with Gasteiger partial charge >= 0.3 is 8.60 Å². The Bertz CT molecular complexity index is 1050. The summed E-state index contributed by atoms with van der Waals surface area (Å²) in [5, 5.41) is 0. The van der Waals surface area contributed by atoms with Crippen LogP contribution in [0.2, 0.25) is 0 Å². The Balaban J connectivity index is 2.25. The van der Waals surface area contributed by atoms with Crippen LogP contribution in [0.5, 0.6) is 0 Å². The molecule has 0 spiro atoms. The molecule has 260 valence electrons. The minimum Gasteiger partial charge on any atom is -0.304 e. The van der Waals surface area contributed by atoms with Gasteiger partial charge in [-0.3, -0.25) is 0 Å². The van der Waals surface area contributed by atoms with E-state index in [1.54, 1.807) is 0 Å². The zero-order chi connectivity index (χ0) is 35.4. The van der Waals surface area contributed by atoms with Crippen molar-refractivity contribution in [1.29, 1.82) is 0 Å². The van der Waals surface area contributed by atoms with Crippen LogP contribution >= 0.6 is 8.60 Å². The van der Waals surface area contributed by atoms with Gasteiger partial charge in [-0.25, -0.2) is 0 Å². The molecule has 3 atom stereocenters. The van der Waals surface area contributed by atoms with Gasteiger partial charge in [-0.2, -0.15) is 0 Å². The molecule has 0 fully saturated rings. The van der Waals surface area contributed by atoms with E-state index in [9.17, 15) is 0 Å². The maximum atomic E-state index is 7.37. The number of hydrogen-bond acceptors (Lipinski definition) is 3. The molecule has 3 unspecified atom stereocenters. The molecular formula is C42H69O3P. The van der Waals surface area contributed by atoms with Crippen molar-refractivity contribution in [3.8, 4) is 0 Å². The van der Waals surface area contributed by atoms with E-state index >= 15 is 0 Å². The molecule has 0 bridgehead atoms. The first-order valence-electron chi connectivity index (χ1n) is 17.5. The normalized spacial score (nSPS) is 26.9. The lowest BCUT2D eigenvalue weighted by Gasteiger charge is -2.58. The zero-order valence-corrected chi connectivity index (χ0v) is 33.7. The van der Waals surface area contributed by atoms with Crippen LogP contribution in [0, 0.1) is 48.7 Å². The Morgan fingerprint density at radius 1 is 0.348 bits per heavy atom. The summed E-state index contributed by atoms with van der Waals surface area (Å²) in [5.74, 6) is 0. The van der Waals surface area contributed by atoms with E-state index in [4.69, 9.17) is 13.6 Å². The summed E-state index contributed by atoms with van der Waals surface area (Å²) in [4.78, 5) is 0. The second kappa shape index (κ2) is 12.6. The topological polar surface area (TPSA) is 27.7 Å². The summed E-state index contributed by atoms with van der Waals surface area (Å²) >= 11 is 0. The third-order valence-electron chi connectivity index (χ3n) is 11.7. The molecule has 0 aromatic heterocycles. The van der Waals surface area contributed by atoms with Crippen molar-refractivity contribution in [1.82, 2.24) is 0 Å². The highest BCUT2D eigenvalue weighted by Crippen LogP contribution is 2.66. The van der Waals surface area contributed by atoms with Gasteiger partial charge in [0.25, 0.3) is 0 Å². The number of hydrogen-bond donors (Lipinski definition) is 0. The van der Waals surface area contributed by atoms with Gasteiger partial charge in [-0.15, -0.1) is 0 Å². The quantitative estimate of drug-likeness (QED) is 0.267. The SMILES string of the molecule is CC(C)(C)C1(C(C)(C)C)C=CC=CC1OP(OC1C=CC=CC1(C(C)(C)C)C(C)(C)C)OC1C=CC=CC1(C(C)(C)C)C(C)(C)C. The Morgan fingerprint density at radius 2 is 0.543 bits per heavy atom. The molecule has 3 rings (SSSR count). The van der Waals surface area contributed by atoms with Crippen LogP contribution in [-0.4, -0.2) is 18.3 Å². The molecule has 0 saturated heterocycles. The van der Waals surface area contributed by atoms with E-state index < -0.39 is 8.60 Å². The van der Waals surface area contributed by atoms with E-state index in [0.29, 0.717) is 0 Å². The summed E-state index contributed by atoms with van der Waals surface area (Å²) in [6, 6.07) is 0. The van der Waals surface area contributed by atoms with E-state index in [-0.39, 0.29) is 67.0 Å². The first-order chi connectivity index (χ1) is 20.6. The minimum atomic E-state index is -1.84. The molecule has 3 aliphatic carbocycles. The third kappa shape index (κ3) is 6.54. The molecule has 0 amide bonds. The van der Waals surface area contributed by atoms with Gasteiger partial charge < -0.3 is 13.6 Å². The highest BCUT2D eigenvalue weighted by molar-refractivity contribution is 7.41. The standard InChI is InChI=1S/C42H69O3P/c1-34(2,3)40(35(4,5)6)28-22-19-25-31(40)43-46(44-32-26-20-23-29-41(32,36(7,8)9)37(10,11)12)45-33-27-21-24-30-42(33,38(13,14)15)39(16,17)18/h19-33H,1-18H3. The fraction of sp³-hybridized carbons (Fsp3) is 0.714. The third-order valence-corrected chi connectivity index (χ3v) is 12.9. The highest BCUT2D eigenvalue weighted by atomic mass is 31.2. The Hall–Kier alpha value is -1.25. The maximum absolute atomic E-state index is 7.37. The van der Waals surface area contributed by atoms with E-state index in [2.05, 4.69) is 198 Å². The molecule has 4 heteroatoms. The van der Waals surface area contributed by atoms with Crippen LogP contribution in [0.4, 0.5) is 0 Å². The molecule has 0 radical (unpaired) electrons. The fourth-order valence-corrected chi connectivity index (χ4v) is 11.4. The van der Waals surface area contributed by atoms with Gasteiger partial charge in [-0.1, -0.05) is 198 Å². The van der Waals surface area contributed by atoms with Crippen LogP contribution in [0.3, 0.4) is 0 Å². The summed E-state index contributed by atoms with van der Waals surface area (Å²) in [5.41, 5.74) is -1.49. The van der Waals surface area contributed by atoms with Crippen LogP contribution < -0.4 is 0 Å². The summed E-state index contributed by atoms with van der Waals surface area (Å²) in [6.45, 7) is 42.0.